The second kappa shape index (κ2) is 5.72. The molecule has 8 heteroatoms. The van der Waals surface area contributed by atoms with Crippen molar-refractivity contribution in [2.75, 3.05) is 19.0 Å². The summed E-state index contributed by atoms with van der Waals surface area (Å²) >= 11 is 0. The Kier molecular flexibility index (Phi) is 4.02. The Hall–Kier alpha value is -2.38. The molecule has 1 atom stereocenters. The summed E-state index contributed by atoms with van der Waals surface area (Å²) in [5, 5.41) is 16.2. The van der Waals surface area contributed by atoms with Crippen LogP contribution in [0, 0.1) is 15.9 Å². The molecule has 1 saturated heterocycles. The Morgan fingerprint density at radius 3 is 2.90 bits per heavy atom. The standard InChI is InChI=1S/C12H14FN3O4/c1-20-11-6-9(7(13)5-10(11)16(18)19)15-8-3-2-4-14-12(8)17/h5-6,8,15H,2-4H2,1H3,(H,14,17). The molecule has 1 amide bonds. The first-order valence-corrected chi connectivity index (χ1v) is 6.09. The fourth-order valence-corrected chi connectivity index (χ4v) is 2.06. The maximum absolute atomic E-state index is 13.9. The van der Waals surface area contributed by atoms with Crippen LogP contribution in [0.3, 0.4) is 0 Å². The minimum Gasteiger partial charge on any atom is -0.490 e. The molecule has 2 N–H and O–H groups in total. The Bertz CT molecular complexity index is 550. The van der Waals surface area contributed by atoms with Crippen molar-refractivity contribution in [3.63, 3.8) is 0 Å². The number of carbonyl (C=O) groups excluding carboxylic acids is 1. The lowest BCUT2D eigenvalue weighted by molar-refractivity contribution is -0.385. The van der Waals surface area contributed by atoms with Gasteiger partial charge in [-0.1, -0.05) is 0 Å². The van der Waals surface area contributed by atoms with Crippen LogP contribution < -0.4 is 15.4 Å². The second-order valence-corrected chi connectivity index (χ2v) is 4.39. The Morgan fingerprint density at radius 1 is 1.55 bits per heavy atom. The summed E-state index contributed by atoms with van der Waals surface area (Å²) < 4.78 is 18.7. The van der Waals surface area contributed by atoms with Crippen LogP contribution in [0.25, 0.3) is 0 Å². The number of hydrogen-bond acceptors (Lipinski definition) is 5. The number of benzene rings is 1. The average molecular weight is 283 g/mol. The summed E-state index contributed by atoms with van der Waals surface area (Å²) in [6.07, 6.45) is 1.36. The monoisotopic (exact) mass is 283 g/mol. The summed E-state index contributed by atoms with van der Waals surface area (Å²) in [7, 11) is 1.26. The topological polar surface area (TPSA) is 93.5 Å². The van der Waals surface area contributed by atoms with E-state index in [1.54, 1.807) is 0 Å². The number of nitro groups is 1. The normalized spacial score (nSPS) is 18.3. The molecular weight excluding hydrogens is 269 g/mol. The van der Waals surface area contributed by atoms with E-state index < -0.39 is 22.5 Å². The van der Waals surface area contributed by atoms with Gasteiger partial charge in [0.2, 0.25) is 5.91 Å². The number of piperidine rings is 1. The van der Waals surface area contributed by atoms with E-state index in [1.807, 2.05) is 0 Å². The van der Waals surface area contributed by atoms with Gasteiger partial charge in [0.1, 0.15) is 6.04 Å². The number of anilines is 1. The van der Waals surface area contributed by atoms with Crippen molar-refractivity contribution in [2.24, 2.45) is 0 Å². The third-order valence-electron chi connectivity index (χ3n) is 3.08. The fourth-order valence-electron chi connectivity index (χ4n) is 2.06. The lowest BCUT2D eigenvalue weighted by atomic mass is 10.1. The van der Waals surface area contributed by atoms with Crippen molar-refractivity contribution in [1.82, 2.24) is 5.32 Å². The lowest BCUT2D eigenvalue weighted by Crippen LogP contribution is -2.44. The van der Waals surface area contributed by atoms with Crippen LogP contribution in [0.2, 0.25) is 0 Å². The predicted octanol–water partition coefficient (Wildman–Crippen LogP) is 1.43. The van der Waals surface area contributed by atoms with E-state index in [-0.39, 0.29) is 17.3 Å². The first kappa shape index (κ1) is 14.0. The SMILES string of the molecule is COc1cc(NC2CCCNC2=O)c(F)cc1[N+](=O)[O-]. The summed E-state index contributed by atoms with van der Waals surface area (Å²) in [6, 6.07) is 1.42. The summed E-state index contributed by atoms with van der Waals surface area (Å²) in [5.74, 6) is -1.07. The van der Waals surface area contributed by atoms with E-state index in [0.29, 0.717) is 13.0 Å². The number of rotatable bonds is 4. The molecule has 2 rings (SSSR count). The number of ether oxygens (including phenoxy) is 1. The maximum atomic E-state index is 13.9. The molecule has 0 spiro atoms. The summed E-state index contributed by atoms with van der Waals surface area (Å²) in [6.45, 7) is 0.600. The molecule has 1 aromatic rings. The van der Waals surface area contributed by atoms with Crippen molar-refractivity contribution in [2.45, 2.75) is 18.9 Å². The molecule has 1 heterocycles. The molecule has 0 bridgehead atoms. The first-order valence-electron chi connectivity index (χ1n) is 6.09. The van der Waals surface area contributed by atoms with Gasteiger partial charge >= 0.3 is 5.69 Å². The van der Waals surface area contributed by atoms with E-state index >= 15 is 0 Å². The van der Waals surface area contributed by atoms with Crippen LogP contribution >= 0.6 is 0 Å². The van der Waals surface area contributed by atoms with Gasteiger partial charge in [0, 0.05) is 12.6 Å². The number of nitrogens with zero attached hydrogens (tertiary/aromatic N) is 1. The molecule has 20 heavy (non-hydrogen) atoms. The quantitative estimate of drug-likeness (QED) is 0.644. The smallest absolute Gasteiger partial charge is 0.313 e. The molecule has 7 nitrogen and oxygen atoms in total. The minimum atomic E-state index is -0.795. The lowest BCUT2D eigenvalue weighted by Gasteiger charge is -2.24. The van der Waals surface area contributed by atoms with Crippen LogP contribution in [0.5, 0.6) is 5.75 Å². The van der Waals surface area contributed by atoms with Crippen LogP contribution in [-0.2, 0) is 4.79 Å². The van der Waals surface area contributed by atoms with E-state index in [2.05, 4.69) is 10.6 Å². The summed E-state index contributed by atoms with van der Waals surface area (Å²) in [4.78, 5) is 21.6. The molecular formula is C12H14FN3O4. The van der Waals surface area contributed by atoms with Gasteiger partial charge in [-0.05, 0) is 12.8 Å². The molecule has 0 aliphatic carbocycles. The highest BCUT2D eigenvalue weighted by molar-refractivity contribution is 5.85. The Labute approximate surface area is 114 Å². The molecule has 1 unspecified atom stereocenters. The van der Waals surface area contributed by atoms with Crippen LogP contribution in [0.4, 0.5) is 15.8 Å². The summed E-state index contributed by atoms with van der Waals surface area (Å²) in [5.41, 5.74) is -0.446. The zero-order chi connectivity index (χ0) is 14.7. The first-order chi connectivity index (χ1) is 9.52. The van der Waals surface area contributed by atoms with Crippen molar-refractivity contribution in [3.05, 3.63) is 28.1 Å². The van der Waals surface area contributed by atoms with Crippen LogP contribution in [-0.4, -0.2) is 30.5 Å². The molecule has 0 saturated carbocycles. The highest BCUT2D eigenvalue weighted by Gasteiger charge is 2.25. The number of nitrogens with one attached hydrogen (secondary N) is 2. The predicted molar refractivity (Wildman–Crippen MR) is 69.3 cm³/mol. The number of hydrogen-bond donors (Lipinski definition) is 2. The molecule has 108 valence electrons. The second-order valence-electron chi connectivity index (χ2n) is 4.39. The van der Waals surface area contributed by atoms with Crippen molar-refractivity contribution >= 4 is 17.3 Å². The third kappa shape index (κ3) is 2.79. The van der Waals surface area contributed by atoms with Crippen LogP contribution in [0.1, 0.15) is 12.8 Å². The molecule has 0 aromatic heterocycles. The molecule has 1 fully saturated rings. The van der Waals surface area contributed by atoms with E-state index in [0.717, 1.165) is 12.5 Å². The van der Waals surface area contributed by atoms with Gasteiger partial charge in [0.05, 0.1) is 23.8 Å². The largest absolute Gasteiger partial charge is 0.490 e. The number of amides is 1. The highest BCUT2D eigenvalue weighted by atomic mass is 19.1. The minimum absolute atomic E-state index is 0.00880. The number of carbonyl (C=O) groups is 1. The Balaban J connectivity index is 2.27. The zero-order valence-corrected chi connectivity index (χ0v) is 10.8. The zero-order valence-electron chi connectivity index (χ0n) is 10.8. The van der Waals surface area contributed by atoms with Crippen molar-refractivity contribution < 1.29 is 18.8 Å². The van der Waals surface area contributed by atoms with Gasteiger partial charge in [0.15, 0.2) is 11.6 Å². The average Bonchev–Trinajstić information content (AvgIpc) is 2.42. The number of halogens is 1. The Morgan fingerprint density at radius 2 is 2.30 bits per heavy atom. The van der Waals surface area contributed by atoms with Gasteiger partial charge in [-0.3, -0.25) is 14.9 Å². The maximum Gasteiger partial charge on any atom is 0.313 e. The molecule has 1 aliphatic heterocycles. The molecule has 1 aromatic carbocycles. The third-order valence-corrected chi connectivity index (χ3v) is 3.08. The fraction of sp³-hybridized carbons (Fsp3) is 0.417. The van der Waals surface area contributed by atoms with Crippen LogP contribution in [0.15, 0.2) is 12.1 Å². The molecule has 1 aliphatic rings. The van der Waals surface area contributed by atoms with E-state index in [9.17, 15) is 19.3 Å². The van der Waals surface area contributed by atoms with E-state index in [4.69, 9.17) is 4.74 Å². The van der Waals surface area contributed by atoms with Gasteiger partial charge in [-0.2, -0.15) is 0 Å². The van der Waals surface area contributed by atoms with Gasteiger partial charge in [0.25, 0.3) is 0 Å². The van der Waals surface area contributed by atoms with Gasteiger partial charge in [-0.25, -0.2) is 4.39 Å². The van der Waals surface area contributed by atoms with Crippen molar-refractivity contribution in [1.29, 1.82) is 0 Å². The highest BCUT2D eigenvalue weighted by Crippen LogP contribution is 2.32. The van der Waals surface area contributed by atoms with Gasteiger partial charge < -0.3 is 15.4 Å². The van der Waals surface area contributed by atoms with E-state index in [1.165, 1.54) is 13.2 Å². The van der Waals surface area contributed by atoms with Gasteiger partial charge in [-0.15, -0.1) is 0 Å². The number of nitro benzene ring substituents is 1. The number of methoxy groups -OCH3 is 1. The molecule has 0 radical (unpaired) electrons. The van der Waals surface area contributed by atoms with Crippen molar-refractivity contribution in [3.8, 4) is 5.75 Å².